The molecule has 0 radical (unpaired) electrons. The van der Waals surface area contributed by atoms with Gasteiger partial charge in [-0.1, -0.05) is 31.2 Å². The van der Waals surface area contributed by atoms with Gasteiger partial charge < -0.3 is 9.47 Å². The van der Waals surface area contributed by atoms with Crippen LogP contribution in [0.25, 0.3) is 22.3 Å². The Kier molecular flexibility index (Phi) is 6.58. The molecular formula is C25H19F7O2. The van der Waals surface area contributed by atoms with Gasteiger partial charge in [-0.3, -0.25) is 0 Å². The lowest BCUT2D eigenvalue weighted by Crippen LogP contribution is -2.44. The van der Waals surface area contributed by atoms with Crippen molar-refractivity contribution in [2.75, 3.05) is 6.61 Å². The molecule has 0 bridgehead atoms. The van der Waals surface area contributed by atoms with Crippen LogP contribution in [-0.4, -0.2) is 18.8 Å². The quantitative estimate of drug-likeness (QED) is 0.276. The number of ether oxygens (including phenoxy) is 2. The predicted molar refractivity (Wildman–Crippen MR) is 111 cm³/mol. The van der Waals surface area contributed by atoms with Gasteiger partial charge in [0.05, 0.1) is 6.61 Å². The Morgan fingerprint density at radius 1 is 0.765 bits per heavy atom. The van der Waals surface area contributed by atoms with Gasteiger partial charge in [-0.05, 0) is 59.7 Å². The van der Waals surface area contributed by atoms with Crippen LogP contribution in [0.1, 0.15) is 19.8 Å². The normalized spacial score (nSPS) is 18.7. The molecule has 1 aliphatic heterocycles. The molecule has 0 spiro atoms. The van der Waals surface area contributed by atoms with Crippen molar-refractivity contribution < 1.29 is 40.2 Å². The number of hydrogen-bond donors (Lipinski definition) is 0. The molecule has 4 rings (SSSR count). The van der Waals surface area contributed by atoms with Crippen LogP contribution < -0.4 is 4.74 Å². The molecule has 3 aromatic rings. The van der Waals surface area contributed by atoms with Crippen molar-refractivity contribution in [3.8, 4) is 28.0 Å². The standard InChI is InChI=1S/C25H19F7O2/c1-13-2-9-21(33-12-13)25(31,32)34-20-8-7-17(22(28)24(20)30)15-5-3-14(4-6-15)16-10-18(26)23(29)19(27)11-16/h3-8,10-11,13,21H,2,9,12H2,1H3. The molecule has 0 amide bonds. The Morgan fingerprint density at radius 3 is 1.97 bits per heavy atom. The molecule has 1 heterocycles. The largest absolute Gasteiger partial charge is 0.427 e. The Labute approximate surface area is 190 Å². The van der Waals surface area contributed by atoms with Gasteiger partial charge in [-0.25, -0.2) is 17.6 Å². The first-order valence-corrected chi connectivity index (χ1v) is 10.5. The fraction of sp³-hybridized carbons (Fsp3) is 0.280. The van der Waals surface area contributed by atoms with Crippen molar-refractivity contribution in [3.63, 3.8) is 0 Å². The SMILES string of the molecule is CC1CCC(C(F)(F)Oc2ccc(-c3ccc(-c4cc(F)c(F)c(F)c4)cc3)c(F)c2F)OC1. The summed E-state index contributed by atoms with van der Waals surface area (Å²) < 4.78 is 108. The first kappa shape index (κ1) is 24.1. The van der Waals surface area contributed by atoms with Gasteiger partial charge >= 0.3 is 6.11 Å². The second kappa shape index (κ2) is 9.29. The molecule has 34 heavy (non-hydrogen) atoms. The van der Waals surface area contributed by atoms with Gasteiger partial charge in [-0.15, -0.1) is 0 Å². The summed E-state index contributed by atoms with van der Waals surface area (Å²) in [5, 5.41) is 0. The average Bonchev–Trinajstić information content (AvgIpc) is 2.81. The molecule has 3 aromatic carbocycles. The maximum Gasteiger partial charge on any atom is 0.424 e. The Balaban J connectivity index is 1.56. The molecule has 1 saturated heterocycles. The molecule has 0 N–H and O–H groups in total. The first-order chi connectivity index (χ1) is 16.1. The zero-order valence-corrected chi connectivity index (χ0v) is 17.9. The van der Waals surface area contributed by atoms with Gasteiger partial charge in [0.1, 0.15) is 0 Å². The highest BCUT2D eigenvalue weighted by molar-refractivity contribution is 5.71. The first-order valence-electron chi connectivity index (χ1n) is 10.5. The van der Waals surface area contributed by atoms with Gasteiger partial charge in [0.15, 0.2) is 35.1 Å². The van der Waals surface area contributed by atoms with Gasteiger partial charge in [-0.2, -0.15) is 13.2 Å². The molecule has 2 nitrogen and oxygen atoms in total. The van der Waals surface area contributed by atoms with Crippen LogP contribution >= 0.6 is 0 Å². The molecule has 0 aromatic heterocycles. The lowest BCUT2D eigenvalue weighted by molar-refractivity contribution is -0.265. The third-order valence-electron chi connectivity index (χ3n) is 5.68. The summed E-state index contributed by atoms with van der Waals surface area (Å²) in [7, 11) is 0. The number of alkyl halides is 2. The third kappa shape index (κ3) is 4.75. The minimum absolute atomic E-state index is 0.0184. The van der Waals surface area contributed by atoms with Crippen LogP contribution in [0.2, 0.25) is 0 Å². The monoisotopic (exact) mass is 484 g/mol. The third-order valence-corrected chi connectivity index (χ3v) is 5.68. The fourth-order valence-electron chi connectivity index (χ4n) is 3.76. The van der Waals surface area contributed by atoms with E-state index < -0.39 is 47.0 Å². The van der Waals surface area contributed by atoms with E-state index in [1.165, 1.54) is 24.3 Å². The summed E-state index contributed by atoms with van der Waals surface area (Å²) in [6.07, 6.45) is -4.91. The Hall–Kier alpha value is -3.07. The van der Waals surface area contributed by atoms with Crippen molar-refractivity contribution in [1.82, 2.24) is 0 Å². The molecule has 9 heteroatoms. The lowest BCUT2D eigenvalue weighted by atomic mass is 9.99. The molecular weight excluding hydrogens is 465 g/mol. The Bertz CT molecular complexity index is 1160. The predicted octanol–water partition coefficient (Wildman–Crippen LogP) is 7.50. The van der Waals surface area contributed by atoms with Crippen molar-refractivity contribution in [2.45, 2.75) is 32.0 Å². The highest BCUT2D eigenvalue weighted by Crippen LogP contribution is 2.37. The highest BCUT2D eigenvalue weighted by Gasteiger charge is 2.45. The van der Waals surface area contributed by atoms with Gasteiger partial charge in [0.25, 0.3) is 0 Å². The second-order valence-electron chi connectivity index (χ2n) is 8.24. The highest BCUT2D eigenvalue weighted by atomic mass is 19.3. The van der Waals surface area contributed by atoms with E-state index in [0.29, 0.717) is 12.0 Å². The summed E-state index contributed by atoms with van der Waals surface area (Å²) in [6.45, 7) is 1.97. The molecule has 1 aliphatic rings. The van der Waals surface area contributed by atoms with E-state index in [0.717, 1.165) is 24.3 Å². The summed E-state index contributed by atoms with van der Waals surface area (Å²) in [6, 6.07) is 9.02. The van der Waals surface area contributed by atoms with Crippen LogP contribution in [0.15, 0.2) is 48.5 Å². The minimum atomic E-state index is -3.85. The zero-order valence-electron chi connectivity index (χ0n) is 17.9. The van der Waals surface area contributed by atoms with Crippen LogP contribution in [0.5, 0.6) is 5.75 Å². The van der Waals surface area contributed by atoms with E-state index in [2.05, 4.69) is 4.74 Å². The number of halogens is 7. The molecule has 2 atom stereocenters. The van der Waals surface area contributed by atoms with Crippen molar-refractivity contribution in [1.29, 1.82) is 0 Å². The molecule has 0 saturated carbocycles. The zero-order chi connectivity index (χ0) is 24.6. The maximum atomic E-state index is 14.7. The molecule has 2 unspecified atom stereocenters. The van der Waals surface area contributed by atoms with Crippen molar-refractivity contribution in [2.24, 2.45) is 5.92 Å². The van der Waals surface area contributed by atoms with E-state index in [1.807, 2.05) is 6.92 Å². The van der Waals surface area contributed by atoms with Gasteiger partial charge in [0.2, 0.25) is 5.82 Å². The van der Waals surface area contributed by atoms with E-state index in [9.17, 15) is 30.7 Å². The van der Waals surface area contributed by atoms with E-state index in [4.69, 9.17) is 4.74 Å². The van der Waals surface area contributed by atoms with E-state index in [1.54, 1.807) is 0 Å². The summed E-state index contributed by atoms with van der Waals surface area (Å²) in [5.74, 6) is -8.17. The average molecular weight is 484 g/mol. The number of benzene rings is 3. The minimum Gasteiger partial charge on any atom is -0.427 e. The molecule has 180 valence electrons. The number of hydrogen-bond acceptors (Lipinski definition) is 2. The second-order valence-corrected chi connectivity index (χ2v) is 8.24. The van der Waals surface area contributed by atoms with Crippen LogP contribution in [0.3, 0.4) is 0 Å². The topological polar surface area (TPSA) is 18.5 Å². The Morgan fingerprint density at radius 2 is 1.38 bits per heavy atom. The van der Waals surface area contributed by atoms with Crippen LogP contribution in [-0.2, 0) is 4.74 Å². The smallest absolute Gasteiger partial charge is 0.424 e. The molecule has 0 aliphatic carbocycles. The summed E-state index contributed by atoms with van der Waals surface area (Å²) in [4.78, 5) is 0. The number of rotatable bonds is 5. The maximum absolute atomic E-state index is 14.7. The van der Waals surface area contributed by atoms with Gasteiger partial charge in [0, 0.05) is 5.56 Å². The van der Waals surface area contributed by atoms with Crippen LogP contribution in [0.4, 0.5) is 30.7 Å². The summed E-state index contributed by atoms with van der Waals surface area (Å²) in [5.41, 5.74) is 0.272. The molecule has 1 fully saturated rings. The fourth-order valence-corrected chi connectivity index (χ4v) is 3.76. The lowest BCUT2D eigenvalue weighted by Gasteiger charge is -2.32. The van der Waals surface area contributed by atoms with Crippen molar-refractivity contribution >= 4 is 0 Å². The van der Waals surface area contributed by atoms with E-state index in [-0.39, 0.29) is 35.6 Å². The van der Waals surface area contributed by atoms with Crippen LogP contribution in [0, 0.1) is 35.0 Å². The summed E-state index contributed by atoms with van der Waals surface area (Å²) >= 11 is 0. The van der Waals surface area contributed by atoms with E-state index >= 15 is 0 Å². The van der Waals surface area contributed by atoms with Crippen molar-refractivity contribution in [3.05, 3.63) is 77.6 Å².